The quantitative estimate of drug-likeness (QED) is 0.711. The first-order chi connectivity index (χ1) is 9.29. The van der Waals surface area contributed by atoms with E-state index in [0.29, 0.717) is 5.82 Å². The molecule has 0 radical (unpaired) electrons. The number of nitrogens with one attached hydrogen (secondary N) is 1. The maximum Gasteiger partial charge on any atom is 0.163 e. The summed E-state index contributed by atoms with van der Waals surface area (Å²) >= 11 is 2.29. The summed E-state index contributed by atoms with van der Waals surface area (Å²) in [6.45, 7) is 0. The molecule has 0 aliphatic rings. The van der Waals surface area contributed by atoms with Crippen LogP contribution in [0.15, 0.2) is 42.7 Å². The van der Waals surface area contributed by atoms with Gasteiger partial charge in [0.15, 0.2) is 5.82 Å². The standard InChI is InChI=1S/C14H11IN4/c1-16-14-10-5-2-6-11(15)12(10)18-13(19-14)9-4-3-7-17-8-9/h2-8H,1H3,(H,16,18,19). The monoisotopic (exact) mass is 362 g/mol. The van der Waals surface area contributed by atoms with Gasteiger partial charge in [-0.05, 0) is 46.9 Å². The second-order valence-electron chi connectivity index (χ2n) is 4.02. The Morgan fingerprint density at radius 2 is 2.00 bits per heavy atom. The molecule has 0 bridgehead atoms. The van der Waals surface area contributed by atoms with E-state index in [1.54, 1.807) is 12.4 Å². The molecule has 1 aromatic carbocycles. The van der Waals surface area contributed by atoms with E-state index in [9.17, 15) is 0 Å². The van der Waals surface area contributed by atoms with E-state index < -0.39 is 0 Å². The summed E-state index contributed by atoms with van der Waals surface area (Å²) in [4.78, 5) is 13.3. The van der Waals surface area contributed by atoms with Crippen LogP contribution in [0, 0.1) is 3.57 Å². The van der Waals surface area contributed by atoms with Gasteiger partial charge in [-0.2, -0.15) is 0 Å². The lowest BCUT2D eigenvalue weighted by Gasteiger charge is -2.09. The van der Waals surface area contributed by atoms with Crippen molar-refractivity contribution in [2.24, 2.45) is 0 Å². The molecule has 2 heterocycles. The molecular weight excluding hydrogens is 351 g/mol. The smallest absolute Gasteiger partial charge is 0.163 e. The van der Waals surface area contributed by atoms with Crippen LogP contribution < -0.4 is 5.32 Å². The van der Waals surface area contributed by atoms with E-state index >= 15 is 0 Å². The number of nitrogens with zero attached hydrogens (tertiary/aromatic N) is 3. The second-order valence-corrected chi connectivity index (χ2v) is 5.19. The molecule has 0 atom stereocenters. The fraction of sp³-hybridized carbons (Fsp3) is 0.0714. The minimum atomic E-state index is 0.689. The number of halogens is 1. The molecule has 3 aromatic rings. The van der Waals surface area contributed by atoms with Gasteiger partial charge in [-0.15, -0.1) is 0 Å². The van der Waals surface area contributed by atoms with E-state index in [-0.39, 0.29) is 0 Å². The number of rotatable bonds is 2. The summed E-state index contributed by atoms with van der Waals surface area (Å²) in [5.74, 6) is 1.52. The highest BCUT2D eigenvalue weighted by molar-refractivity contribution is 14.1. The third-order valence-electron chi connectivity index (χ3n) is 2.83. The number of benzene rings is 1. The van der Waals surface area contributed by atoms with E-state index in [1.165, 1.54) is 0 Å². The van der Waals surface area contributed by atoms with Crippen LogP contribution in [-0.2, 0) is 0 Å². The van der Waals surface area contributed by atoms with Gasteiger partial charge in [0, 0.05) is 34.0 Å². The normalized spacial score (nSPS) is 10.6. The number of hydrogen-bond donors (Lipinski definition) is 1. The van der Waals surface area contributed by atoms with Crippen LogP contribution in [0.2, 0.25) is 0 Å². The van der Waals surface area contributed by atoms with Crippen LogP contribution in [0.5, 0.6) is 0 Å². The predicted octanol–water partition coefficient (Wildman–Crippen LogP) is 3.34. The average molecular weight is 362 g/mol. The molecule has 1 N–H and O–H groups in total. The molecule has 19 heavy (non-hydrogen) atoms. The third kappa shape index (κ3) is 2.25. The van der Waals surface area contributed by atoms with Crippen LogP contribution in [0.4, 0.5) is 5.82 Å². The maximum absolute atomic E-state index is 4.66. The lowest BCUT2D eigenvalue weighted by Crippen LogP contribution is -1.99. The third-order valence-corrected chi connectivity index (χ3v) is 3.70. The van der Waals surface area contributed by atoms with Gasteiger partial charge in [0.1, 0.15) is 5.82 Å². The molecule has 5 heteroatoms. The fourth-order valence-electron chi connectivity index (χ4n) is 1.93. The van der Waals surface area contributed by atoms with Gasteiger partial charge in [-0.25, -0.2) is 9.97 Å². The van der Waals surface area contributed by atoms with Gasteiger partial charge in [0.25, 0.3) is 0 Å². The molecule has 3 rings (SSSR count). The molecule has 2 aromatic heterocycles. The van der Waals surface area contributed by atoms with Crippen molar-refractivity contribution in [3.8, 4) is 11.4 Å². The molecule has 0 saturated heterocycles. The zero-order chi connectivity index (χ0) is 13.2. The zero-order valence-electron chi connectivity index (χ0n) is 10.3. The van der Waals surface area contributed by atoms with Gasteiger partial charge < -0.3 is 5.32 Å². The Kier molecular flexibility index (Phi) is 3.29. The SMILES string of the molecule is CNc1nc(-c2cccnc2)nc2c(I)cccc12. The highest BCUT2D eigenvalue weighted by atomic mass is 127. The molecule has 0 aliphatic heterocycles. The summed E-state index contributed by atoms with van der Waals surface area (Å²) in [6.07, 6.45) is 3.52. The van der Waals surface area contributed by atoms with Crippen LogP contribution in [0.1, 0.15) is 0 Å². The Morgan fingerprint density at radius 1 is 1.11 bits per heavy atom. The Labute approximate surface area is 124 Å². The Balaban J connectivity index is 2.31. The van der Waals surface area contributed by atoms with Crippen LogP contribution >= 0.6 is 22.6 Å². The van der Waals surface area contributed by atoms with Crippen molar-refractivity contribution in [1.82, 2.24) is 15.0 Å². The van der Waals surface area contributed by atoms with E-state index in [2.05, 4.69) is 42.9 Å². The summed E-state index contributed by atoms with van der Waals surface area (Å²) in [5.41, 5.74) is 1.88. The number of para-hydroxylation sites is 1. The largest absolute Gasteiger partial charge is 0.373 e. The summed E-state index contributed by atoms with van der Waals surface area (Å²) in [6, 6.07) is 9.93. The Bertz CT molecular complexity index is 728. The highest BCUT2D eigenvalue weighted by Crippen LogP contribution is 2.27. The molecule has 0 fully saturated rings. The molecule has 0 amide bonds. The Morgan fingerprint density at radius 3 is 2.74 bits per heavy atom. The molecule has 0 unspecified atom stereocenters. The Hall–Kier alpha value is -1.76. The topological polar surface area (TPSA) is 50.7 Å². The van der Waals surface area contributed by atoms with Gasteiger partial charge in [-0.3, -0.25) is 4.98 Å². The predicted molar refractivity (Wildman–Crippen MR) is 85.0 cm³/mol. The first-order valence-electron chi connectivity index (χ1n) is 5.84. The highest BCUT2D eigenvalue weighted by Gasteiger charge is 2.10. The number of aromatic nitrogens is 3. The molecule has 0 spiro atoms. The van der Waals surface area contributed by atoms with Crippen LogP contribution in [0.3, 0.4) is 0 Å². The van der Waals surface area contributed by atoms with E-state index in [1.807, 2.05) is 37.4 Å². The zero-order valence-corrected chi connectivity index (χ0v) is 12.4. The van der Waals surface area contributed by atoms with Gasteiger partial charge >= 0.3 is 0 Å². The summed E-state index contributed by atoms with van der Waals surface area (Å²) < 4.78 is 1.11. The van der Waals surface area contributed by atoms with Crippen molar-refractivity contribution in [3.05, 3.63) is 46.3 Å². The summed E-state index contributed by atoms with van der Waals surface area (Å²) in [7, 11) is 1.87. The van der Waals surface area contributed by atoms with Crippen LogP contribution in [0.25, 0.3) is 22.3 Å². The maximum atomic E-state index is 4.66. The molecular formula is C14H11IN4. The van der Waals surface area contributed by atoms with Crippen molar-refractivity contribution >= 4 is 39.3 Å². The second kappa shape index (κ2) is 5.08. The lowest BCUT2D eigenvalue weighted by molar-refractivity contribution is 1.19. The van der Waals surface area contributed by atoms with Gasteiger partial charge in [-0.1, -0.05) is 6.07 Å². The minimum absolute atomic E-state index is 0.689. The number of fused-ring (bicyclic) bond motifs is 1. The fourth-order valence-corrected chi connectivity index (χ4v) is 2.55. The van der Waals surface area contributed by atoms with Gasteiger partial charge in [0.2, 0.25) is 0 Å². The van der Waals surface area contributed by atoms with Crippen molar-refractivity contribution in [2.75, 3.05) is 12.4 Å². The summed E-state index contributed by atoms with van der Waals surface area (Å²) in [5, 5.41) is 4.16. The van der Waals surface area contributed by atoms with Gasteiger partial charge in [0.05, 0.1) is 5.52 Å². The lowest BCUT2D eigenvalue weighted by atomic mass is 10.2. The van der Waals surface area contributed by atoms with Crippen molar-refractivity contribution in [2.45, 2.75) is 0 Å². The molecule has 0 saturated carbocycles. The first kappa shape index (κ1) is 12.3. The molecule has 0 aliphatic carbocycles. The van der Waals surface area contributed by atoms with E-state index in [4.69, 9.17) is 0 Å². The molecule has 94 valence electrons. The number of hydrogen-bond acceptors (Lipinski definition) is 4. The van der Waals surface area contributed by atoms with Crippen molar-refractivity contribution in [3.63, 3.8) is 0 Å². The van der Waals surface area contributed by atoms with E-state index in [0.717, 1.165) is 25.9 Å². The number of pyridine rings is 1. The first-order valence-corrected chi connectivity index (χ1v) is 6.92. The van der Waals surface area contributed by atoms with Crippen molar-refractivity contribution < 1.29 is 0 Å². The minimum Gasteiger partial charge on any atom is -0.373 e. The van der Waals surface area contributed by atoms with Crippen LogP contribution in [-0.4, -0.2) is 22.0 Å². The number of anilines is 1. The van der Waals surface area contributed by atoms with Crippen molar-refractivity contribution in [1.29, 1.82) is 0 Å². The average Bonchev–Trinajstić information content (AvgIpc) is 2.48. The molecule has 4 nitrogen and oxygen atoms in total.